The number of nitrogen functional groups attached to an aromatic ring is 1. The first-order valence-corrected chi connectivity index (χ1v) is 11.3. The van der Waals surface area contributed by atoms with Gasteiger partial charge in [-0.15, -0.1) is 10.2 Å². The number of ether oxygens (including phenoxy) is 2. The number of rotatable bonds is 4. The van der Waals surface area contributed by atoms with Crippen LogP contribution >= 0.6 is 0 Å². The fourth-order valence-corrected chi connectivity index (χ4v) is 4.43. The van der Waals surface area contributed by atoms with Crippen molar-refractivity contribution in [3.05, 3.63) is 35.4 Å². The van der Waals surface area contributed by atoms with Crippen LogP contribution in [0.15, 0.2) is 18.2 Å². The second-order valence-corrected chi connectivity index (χ2v) is 9.65. The molecule has 1 saturated heterocycles. The third kappa shape index (κ3) is 4.98. The van der Waals surface area contributed by atoms with Crippen LogP contribution in [0, 0.1) is 0 Å². The number of anilines is 1. The lowest BCUT2D eigenvalue weighted by atomic mass is 9.95. The van der Waals surface area contributed by atoms with Crippen molar-refractivity contribution in [2.24, 2.45) is 0 Å². The number of carbonyl (C=O) groups excluding carboxylic acids is 1. The molecule has 1 aromatic carbocycles. The van der Waals surface area contributed by atoms with E-state index in [1.165, 1.54) is 5.56 Å². The van der Waals surface area contributed by atoms with E-state index in [1.54, 1.807) is 12.0 Å². The minimum absolute atomic E-state index is 0.291. The number of benzene rings is 1. The lowest BCUT2D eigenvalue weighted by molar-refractivity contribution is 0.0193. The van der Waals surface area contributed by atoms with E-state index in [-0.39, 0.29) is 6.09 Å². The van der Waals surface area contributed by atoms with Crippen molar-refractivity contribution in [2.75, 3.05) is 32.5 Å². The maximum Gasteiger partial charge on any atom is 0.410 e. The van der Waals surface area contributed by atoms with Gasteiger partial charge in [0.2, 0.25) is 0 Å². The molecule has 2 aromatic rings. The summed E-state index contributed by atoms with van der Waals surface area (Å²) in [6.07, 6.45) is 1.79. The molecular formula is C23H34N6O3. The van der Waals surface area contributed by atoms with Gasteiger partial charge in [0.15, 0.2) is 5.82 Å². The van der Waals surface area contributed by atoms with Crippen LogP contribution in [-0.4, -0.2) is 63.0 Å². The Hall–Kier alpha value is -2.81. The number of methoxy groups -OCH3 is 1. The molecule has 2 aliphatic heterocycles. The van der Waals surface area contributed by atoms with Crippen LogP contribution in [0.2, 0.25) is 0 Å². The maximum atomic E-state index is 12.4. The highest BCUT2D eigenvalue weighted by molar-refractivity contribution is 5.68. The SMILES string of the molecule is COc1cc(CN2CCC(c3nnc4n3CCN(C(=O)OC(C)(C)C)C4)CC2)ccc1N. The molecule has 4 rings (SSSR count). The summed E-state index contributed by atoms with van der Waals surface area (Å²) in [6.45, 7) is 10.3. The zero-order valence-corrected chi connectivity index (χ0v) is 19.5. The molecule has 1 fully saturated rings. The molecule has 2 aliphatic rings. The standard InChI is InChI=1S/C23H34N6O3/c1-23(2,3)32-22(30)28-11-12-29-20(15-28)25-26-21(29)17-7-9-27(10-8-17)14-16-5-6-18(24)19(13-16)31-4/h5-6,13,17H,7-12,14-15,24H2,1-4H3. The normalized spacial score (nSPS) is 17.8. The molecule has 0 saturated carbocycles. The molecule has 174 valence electrons. The Balaban J connectivity index is 1.34. The number of likely N-dealkylation sites (tertiary alicyclic amines) is 1. The largest absolute Gasteiger partial charge is 0.495 e. The second-order valence-electron chi connectivity index (χ2n) is 9.65. The molecule has 32 heavy (non-hydrogen) atoms. The van der Waals surface area contributed by atoms with Crippen molar-refractivity contribution < 1.29 is 14.3 Å². The Morgan fingerprint density at radius 2 is 1.91 bits per heavy atom. The van der Waals surface area contributed by atoms with Crippen LogP contribution in [0.25, 0.3) is 0 Å². The fourth-order valence-electron chi connectivity index (χ4n) is 4.43. The van der Waals surface area contributed by atoms with Gasteiger partial charge >= 0.3 is 6.09 Å². The summed E-state index contributed by atoms with van der Waals surface area (Å²) >= 11 is 0. The van der Waals surface area contributed by atoms with Crippen molar-refractivity contribution in [3.8, 4) is 5.75 Å². The van der Waals surface area contributed by atoms with Gasteiger partial charge < -0.3 is 19.8 Å². The summed E-state index contributed by atoms with van der Waals surface area (Å²) in [7, 11) is 1.65. The lowest BCUT2D eigenvalue weighted by Crippen LogP contribution is -2.42. The Morgan fingerprint density at radius 3 is 2.59 bits per heavy atom. The average Bonchev–Trinajstić information content (AvgIpc) is 3.18. The van der Waals surface area contributed by atoms with Crippen molar-refractivity contribution in [3.63, 3.8) is 0 Å². The molecule has 0 atom stereocenters. The van der Waals surface area contributed by atoms with Gasteiger partial charge in [-0.1, -0.05) is 6.07 Å². The lowest BCUT2D eigenvalue weighted by Gasteiger charge is -2.33. The molecule has 0 unspecified atom stereocenters. The van der Waals surface area contributed by atoms with Gasteiger partial charge in [0.05, 0.1) is 19.3 Å². The second kappa shape index (κ2) is 8.97. The summed E-state index contributed by atoms with van der Waals surface area (Å²) < 4.78 is 13.1. The number of fused-ring (bicyclic) bond motifs is 1. The van der Waals surface area contributed by atoms with Crippen LogP contribution in [-0.2, 0) is 24.4 Å². The molecule has 1 aromatic heterocycles. The fraction of sp³-hybridized carbons (Fsp3) is 0.609. The molecule has 0 spiro atoms. The quantitative estimate of drug-likeness (QED) is 0.727. The molecule has 0 bridgehead atoms. The number of hydrogen-bond acceptors (Lipinski definition) is 7. The van der Waals surface area contributed by atoms with Crippen molar-refractivity contribution >= 4 is 11.8 Å². The highest BCUT2D eigenvalue weighted by Gasteiger charge is 2.31. The zero-order valence-electron chi connectivity index (χ0n) is 19.5. The molecule has 0 aliphatic carbocycles. The van der Waals surface area contributed by atoms with E-state index < -0.39 is 5.60 Å². The van der Waals surface area contributed by atoms with E-state index in [0.717, 1.165) is 49.9 Å². The van der Waals surface area contributed by atoms with Gasteiger partial charge in [-0.3, -0.25) is 9.80 Å². The first-order chi connectivity index (χ1) is 15.2. The number of aromatic nitrogens is 3. The predicted octanol–water partition coefficient (Wildman–Crippen LogP) is 3.00. The third-order valence-corrected chi connectivity index (χ3v) is 6.09. The molecule has 3 heterocycles. The van der Waals surface area contributed by atoms with Gasteiger partial charge in [-0.25, -0.2) is 4.79 Å². The van der Waals surface area contributed by atoms with Crippen LogP contribution in [0.3, 0.4) is 0 Å². The first-order valence-electron chi connectivity index (χ1n) is 11.3. The Bertz CT molecular complexity index is 959. The topological polar surface area (TPSA) is 98.7 Å². The van der Waals surface area contributed by atoms with Crippen molar-refractivity contribution in [1.29, 1.82) is 0 Å². The number of amides is 1. The molecule has 9 heteroatoms. The van der Waals surface area contributed by atoms with Gasteiger partial charge in [0, 0.05) is 25.6 Å². The van der Waals surface area contributed by atoms with E-state index in [9.17, 15) is 4.79 Å². The van der Waals surface area contributed by atoms with E-state index >= 15 is 0 Å². The molecule has 0 radical (unpaired) electrons. The third-order valence-electron chi connectivity index (χ3n) is 6.09. The van der Waals surface area contributed by atoms with Gasteiger partial charge in [0.1, 0.15) is 17.2 Å². The molecular weight excluding hydrogens is 408 g/mol. The summed E-state index contributed by atoms with van der Waals surface area (Å²) in [5.41, 5.74) is 7.30. The van der Waals surface area contributed by atoms with Gasteiger partial charge in [-0.05, 0) is 64.4 Å². The number of nitrogens with two attached hydrogens (primary N) is 1. The van der Waals surface area contributed by atoms with Gasteiger partial charge in [0.25, 0.3) is 0 Å². The first kappa shape index (κ1) is 22.4. The Labute approximate surface area is 189 Å². The van der Waals surface area contributed by atoms with Gasteiger partial charge in [-0.2, -0.15) is 0 Å². The van der Waals surface area contributed by atoms with Crippen molar-refractivity contribution in [1.82, 2.24) is 24.6 Å². The van der Waals surface area contributed by atoms with Crippen LogP contribution in [0.4, 0.5) is 10.5 Å². The Morgan fingerprint density at radius 1 is 1.16 bits per heavy atom. The number of nitrogens with zero attached hydrogens (tertiary/aromatic N) is 5. The van der Waals surface area contributed by atoms with Crippen LogP contribution in [0.1, 0.15) is 56.7 Å². The number of carbonyl (C=O) groups is 1. The monoisotopic (exact) mass is 442 g/mol. The highest BCUT2D eigenvalue weighted by atomic mass is 16.6. The van der Waals surface area contributed by atoms with Crippen LogP contribution in [0.5, 0.6) is 5.75 Å². The highest BCUT2D eigenvalue weighted by Crippen LogP contribution is 2.30. The predicted molar refractivity (Wildman–Crippen MR) is 121 cm³/mol. The number of hydrogen-bond donors (Lipinski definition) is 1. The smallest absolute Gasteiger partial charge is 0.410 e. The minimum atomic E-state index is -0.501. The van der Waals surface area contributed by atoms with Crippen molar-refractivity contribution in [2.45, 2.75) is 64.8 Å². The van der Waals surface area contributed by atoms with E-state index in [4.69, 9.17) is 15.2 Å². The molecule has 2 N–H and O–H groups in total. The maximum absolute atomic E-state index is 12.4. The molecule has 9 nitrogen and oxygen atoms in total. The van der Waals surface area contributed by atoms with E-state index in [1.807, 2.05) is 32.9 Å². The summed E-state index contributed by atoms with van der Waals surface area (Å²) in [5.74, 6) is 3.01. The number of piperidine rings is 1. The zero-order chi connectivity index (χ0) is 22.9. The Kier molecular flexibility index (Phi) is 6.28. The average molecular weight is 443 g/mol. The van der Waals surface area contributed by atoms with E-state index in [0.29, 0.717) is 31.2 Å². The minimum Gasteiger partial charge on any atom is -0.495 e. The molecule has 1 amide bonds. The van der Waals surface area contributed by atoms with E-state index in [2.05, 4.69) is 25.7 Å². The van der Waals surface area contributed by atoms with Crippen LogP contribution < -0.4 is 10.5 Å². The summed E-state index contributed by atoms with van der Waals surface area (Å²) in [4.78, 5) is 16.6. The summed E-state index contributed by atoms with van der Waals surface area (Å²) in [5, 5.41) is 8.92. The summed E-state index contributed by atoms with van der Waals surface area (Å²) in [6, 6.07) is 5.99.